The maximum atomic E-state index is 12.1. The van der Waals surface area contributed by atoms with Crippen LogP contribution in [-0.4, -0.2) is 38.6 Å². The van der Waals surface area contributed by atoms with E-state index in [1.165, 1.54) is 18.2 Å². The third-order valence-electron chi connectivity index (χ3n) is 6.11. The van der Waals surface area contributed by atoms with Crippen molar-refractivity contribution in [1.82, 2.24) is 0 Å². The zero-order valence-corrected chi connectivity index (χ0v) is 25.5. The molecule has 4 aromatic carbocycles. The van der Waals surface area contributed by atoms with Crippen LogP contribution in [0.1, 0.15) is 22.3 Å². The molecular formula is C26H25N5O9S3. The fraction of sp³-hybridized carbons (Fsp3) is 0.154. The van der Waals surface area contributed by atoms with Gasteiger partial charge in [-0.05, 0) is 97.8 Å². The summed E-state index contributed by atoms with van der Waals surface area (Å²) in [7, 11) is -12.5. The van der Waals surface area contributed by atoms with E-state index in [1.54, 1.807) is 26.0 Å². The largest absolute Gasteiger partial charge is 0.425 e. The Bertz CT molecular complexity index is 2140. The van der Waals surface area contributed by atoms with E-state index in [4.69, 9.17) is 18.4 Å². The summed E-state index contributed by atoms with van der Waals surface area (Å²) in [4.78, 5) is -1.01. The van der Waals surface area contributed by atoms with Crippen molar-refractivity contribution in [1.29, 1.82) is 0 Å². The molecule has 0 bridgehead atoms. The number of nitrogens with two attached hydrogens (primary N) is 1. The average molecular weight is 648 g/mol. The predicted molar refractivity (Wildman–Crippen MR) is 158 cm³/mol. The van der Waals surface area contributed by atoms with Gasteiger partial charge in [0.25, 0.3) is 20.2 Å². The van der Waals surface area contributed by atoms with E-state index in [0.29, 0.717) is 33.9 Å². The SMILES string of the molecule is Cc1cc(N=Nc2cc(C)c(N=Nc3cc4c(S(=O)(=O)O)cccc4cc3S(=O)(=O)O)cc2C)c(C)cc1N.O=S(=O)=O. The molecule has 0 saturated carbocycles. The molecule has 226 valence electrons. The number of benzene rings is 4. The predicted octanol–water partition coefficient (Wildman–Crippen LogP) is 5.98. The van der Waals surface area contributed by atoms with Gasteiger partial charge >= 0.3 is 10.6 Å². The molecule has 17 heteroatoms. The number of fused-ring (bicyclic) bond motifs is 1. The number of aryl methyl sites for hydroxylation is 4. The molecule has 0 fully saturated rings. The van der Waals surface area contributed by atoms with Gasteiger partial charge in [-0.2, -0.15) is 32.2 Å². The fourth-order valence-electron chi connectivity index (χ4n) is 3.92. The first-order chi connectivity index (χ1) is 19.9. The van der Waals surface area contributed by atoms with Crippen molar-refractivity contribution in [2.24, 2.45) is 20.5 Å². The second-order valence-electron chi connectivity index (χ2n) is 9.27. The van der Waals surface area contributed by atoms with Crippen molar-refractivity contribution < 1.29 is 38.6 Å². The zero-order chi connectivity index (χ0) is 32.3. The van der Waals surface area contributed by atoms with Gasteiger partial charge in [0, 0.05) is 11.1 Å². The lowest BCUT2D eigenvalue weighted by atomic mass is 10.1. The number of rotatable bonds is 6. The van der Waals surface area contributed by atoms with E-state index in [9.17, 15) is 25.9 Å². The van der Waals surface area contributed by atoms with Crippen molar-refractivity contribution in [2.45, 2.75) is 37.5 Å². The van der Waals surface area contributed by atoms with Crippen LogP contribution in [0.25, 0.3) is 10.8 Å². The van der Waals surface area contributed by atoms with Crippen LogP contribution < -0.4 is 5.73 Å². The Balaban J connectivity index is 0.00000119. The van der Waals surface area contributed by atoms with Crippen LogP contribution in [0.3, 0.4) is 0 Å². The number of anilines is 1. The number of azo groups is 2. The summed E-state index contributed by atoms with van der Waals surface area (Å²) in [5.74, 6) is 0. The lowest BCUT2D eigenvalue weighted by molar-refractivity contribution is 0.482. The van der Waals surface area contributed by atoms with Crippen molar-refractivity contribution in [3.63, 3.8) is 0 Å². The van der Waals surface area contributed by atoms with E-state index in [-0.39, 0.29) is 16.5 Å². The molecule has 0 aliphatic rings. The monoisotopic (exact) mass is 647 g/mol. The molecule has 4 rings (SSSR count). The summed E-state index contributed by atoms with van der Waals surface area (Å²) in [6.45, 7) is 7.33. The van der Waals surface area contributed by atoms with Crippen molar-refractivity contribution >= 4 is 70.1 Å². The number of hydrogen-bond donors (Lipinski definition) is 3. The quantitative estimate of drug-likeness (QED) is 0.126. The van der Waals surface area contributed by atoms with Gasteiger partial charge in [0.05, 0.1) is 17.1 Å². The summed E-state index contributed by atoms with van der Waals surface area (Å²) in [5.41, 5.74) is 11.1. The number of nitrogen functional groups attached to an aromatic ring is 1. The highest BCUT2D eigenvalue weighted by Crippen LogP contribution is 2.36. The molecule has 0 unspecified atom stereocenters. The first-order valence-electron chi connectivity index (χ1n) is 12.0. The molecule has 0 aliphatic heterocycles. The zero-order valence-electron chi connectivity index (χ0n) is 23.0. The summed E-state index contributed by atoms with van der Waals surface area (Å²) in [6, 6.07) is 13.2. The Morgan fingerprint density at radius 1 is 0.605 bits per heavy atom. The average Bonchev–Trinajstić information content (AvgIpc) is 2.88. The van der Waals surface area contributed by atoms with E-state index < -0.39 is 40.6 Å². The van der Waals surface area contributed by atoms with Crippen LogP contribution in [0.4, 0.5) is 28.4 Å². The molecule has 0 saturated heterocycles. The van der Waals surface area contributed by atoms with Crippen LogP contribution in [-0.2, 0) is 30.8 Å². The molecule has 0 heterocycles. The van der Waals surface area contributed by atoms with Gasteiger partial charge in [-0.25, -0.2) is 0 Å². The van der Waals surface area contributed by atoms with Crippen LogP contribution in [0.15, 0.2) is 84.8 Å². The van der Waals surface area contributed by atoms with Crippen LogP contribution in [0.5, 0.6) is 0 Å². The van der Waals surface area contributed by atoms with Gasteiger partial charge < -0.3 is 5.73 Å². The first kappa shape index (κ1) is 33.1. The lowest BCUT2D eigenvalue weighted by Crippen LogP contribution is -2.01. The minimum Gasteiger partial charge on any atom is -0.399 e. The van der Waals surface area contributed by atoms with E-state index >= 15 is 0 Å². The molecule has 0 radical (unpaired) electrons. The Hall–Kier alpha value is -4.42. The van der Waals surface area contributed by atoms with Crippen LogP contribution in [0.2, 0.25) is 0 Å². The first-order valence-corrected chi connectivity index (χ1v) is 15.9. The van der Waals surface area contributed by atoms with Crippen molar-refractivity contribution in [3.05, 3.63) is 76.9 Å². The van der Waals surface area contributed by atoms with E-state index in [2.05, 4.69) is 20.5 Å². The van der Waals surface area contributed by atoms with Gasteiger partial charge in [-0.1, -0.05) is 12.1 Å². The van der Waals surface area contributed by atoms with Crippen LogP contribution >= 0.6 is 0 Å². The maximum absolute atomic E-state index is 12.1. The summed E-state index contributed by atoms with van der Waals surface area (Å²) in [5, 5.41) is 17.1. The highest BCUT2D eigenvalue weighted by Gasteiger charge is 2.21. The Morgan fingerprint density at radius 3 is 1.49 bits per heavy atom. The molecule has 4 N–H and O–H groups in total. The van der Waals surface area contributed by atoms with Gasteiger partial charge in [0.1, 0.15) is 15.5 Å². The van der Waals surface area contributed by atoms with Crippen LogP contribution in [0, 0.1) is 27.7 Å². The second kappa shape index (κ2) is 12.8. The highest BCUT2D eigenvalue weighted by atomic mass is 32.2. The normalized spacial score (nSPS) is 12.0. The summed E-state index contributed by atoms with van der Waals surface area (Å²) in [6.07, 6.45) is 0. The molecule has 0 aromatic heterocycles. The fourth-order valence-corrected chi connectivity index (χ4v) is 5.27. The highest BCUT2D eigenvalue weighted by molar-refractivity contribution is 7.86. The maximum Gasteiger partial charge on any atom is 0.425 e. The lowest BCUT2D eigenvalue weighted by Gasteiger charge is -2.09. The molecule has 0 amide bonds. The minimum atomic E-state index is -4.75. The Kier molecular flexibility index (Phi) is 9.88. The molecule has 0 atom stereocenters. The Labute approximate surface area is 248 Å². The van der Waals surface area contributed by atoms with E-state index in [1.807, 2.05) is 26.0 Å². The molecule has 14 nitrogen and oxygen atoms in total. The molecule has 0 spiro atoms. The van der Waals surface area contributed by atoms with Gasteiger partial charge in [-0.3, -0.25) is 9.11 Å². The van der Waals surface area contributed by atoms with E-state index in [0.717, 1.165) is 23.3 Å². The molecule has 43 heavy (non-hydrogen) atoms. The third kappa shape index (κ3) is 8.33. The van der Waals surface area contributed by atoms with Crippen molar-refractivity contribution in [2.75, 3.05) is 5.73 Å². The van der Waals surface area contributed by atoms with Gasteiger partial charge in [0.2, 0.25) is 0 Å². The smallest absolute Gasteiger partial charge is 0.399 e. The summed E-state index contributed by atoms with van der Waals surface area (Å²) >= 11 is 0. The third-order valence-corrected chi connectivity index (χ3v) is 7.90. The standard InChI is InChI=1S/C26H25N5O6S2.O3S/c1-14-9-21(15(2)8-20(14)27)28-29-22-10-17(4)23(11-16(22)3)30-31-24-13-19-18(12-26(24)39(35,36)37)6-5-7-25(19)38(32,33)34;1-4(2)3/h5-13H,27H2,1-4H3,(H,32,33,34)(H,35,36,37);. The summed E-state index contributed by atoms with van der Waals surface area (Å²) < 4.78 is 92.5. The minimum absolute atomic E-state index is 0.0122. The number of hydrogen-bond acceptors (Lipinski definition) is 12. The molecule has 4 aromatic rings. The molecule has 0 aliphatic carbocycles. The second-order valence-corrected chi connectivity index (χ2v) is 12.5. The Morgan fingerprint density at radius 2 is 1.02 bits per heavy atom. The van der Waals surface area contributed by atoms with Crippen molar-refractivity contribution in [3.8, 4) is 0 Å². The van der Waals surface area contributed by atoms with Gasteiger partial charge in [-0.15, -0.1) is 17.7 Å². The number of nitrogens with zero attached hydrogens (tertiary/aromatic N) is 4. The van der Waals surface area contributed by atoms with Gasteiger partial charge in [0.15, 0.2) is 0 Å². The topological polar surface area (TPSA) is 235 Å². The molecular weight excluding hydrogens is 623 g/mol.